The van der Waals surface area contributed by atoms with Gasteiger partial charge in [0.1, 0.15) is 15.9 Å². The molecule has 10 heteroatoms. The van der Waals surface area contributed by atoms with Crippen molar-refractivity contribution >= 4 is 27.7 Å². The summed E-state index contributed by atoms with van der Waals surface area (Å²) >= 11 is 0. The molecule has 0 saturated carbocycles. The van der Waals surface area contributed by atoms with Crippen LogP contribution in [0.5, 0.6) is 0 Å². The molecule has 1 amide bonds. The number of hydrogen-bond donors (Lipinski definition) is 0. The number of aliphatic carboxylic acids is 1. The van der Waals surface area contributed by atoms with E-state index >= 15 is 0 Å². The van der Waals surface area contributed by atoms with Gasteiger partial charge in [-0.25, -0.2) is 8.42 Å². The van der Waals surface area contributed by atoms with Crippen LogP contribution in [0.3, 0.4) is 0 Å². The molecule has 22 heavy (non-hydrogen) atoms. The Kier molecular flexibility index (Phi) is 11.1. The number of hydrogen-bond acceptors (Lipinski definition) is 6. The van der Waals surface area contributed by atoms with E-state index in [-0.39, 0.29) is 64.8 Å². The first-order valence-electron chi connectivity index (χ1n) is 5.62. The first-order valence-corrected chi connectivity index (χ1v) is 7.19. The SMILES string of the molecule is Cc1cccc(C)c1N(CC(=O)[O-])C(=O)CS(=O)(=O)[O-].[Na+].[Na+]. The third kappa shape index (κ3) is 7.56. The largest absolute Gasteiger partial charge is 1.00 e. The van der Waals surface area contributed by atoms with Crippen molar-refractivity contribution in [1.29, 1.82) is 0 Å². The van der Waals surface area contributed by atoms with Crippen LogP contribution in [0, 0.1) is 13.8 Å². The maximum absolute atomic E-state index is 11.9. The topological polar surface area (TPSA) is 118 Å². The Labute approximate surface area is 173 Å². The van der Waals surface area contributed by atoms with E-state index in [4.69, 9.17) is 0 Å². The molecule has 0 aliphatic carbocycles. The number of carboxylic acids is 1. The Hall–Kier alpha value is 0.0700. The summed E-state index contributed by atoms with van der Waals surface area (Å²) in [6, 6.07) is 4.99. The number of carboxylic acid groups (broad SMARTS) is 1. The minimum absolute atomic E-state index is 0. The number of carbonyl (C=O) groups is 2. The molecule has 0 aliphatic heterocycles. The Balaban J connectivity index is 0. The summed E-state index contributed by atoms with van der Waals surface area (Å²) in [6.07, 6.45) is 0. The Morgan fingerprint density at radius 3 is 1.95 bits per heavy atom. The quantitative estimate of drug-likeness (QED) is 0.387. The van der Waals surface area contributed by atoms with E-state index in [0.717, 1.165) is 4.90 Å². The van der Waals surface area contributed by atoms with Crippen molar-refractivity contribution < 1.29 is 86.8 Å². The molecule has 0 saturated heterocycles. The molecule has 1 aromatic rings. The number of para-hydroxylation sites is 1. The molecule has 0 aliphatic rings. The van der Waals surface area contributed by atoms with Crippen LogP contribution in [0.4, 0.5) is 5.69 Å². The van der Waals surface area contributed by atoms with Crippen LogP contribution >= 0.6 is 0 Å². The van der Waals surface area contributed by atoms with E-state index in [1.54, 1.807) is 32.0 Å². The van der Waals surface area contributed by atoms with Crippen molar-refractivity contribution in [2.45, 2.75) is 13.8 Å². The summed E-state index contributed by atoms with van der Waals surface area (Å²) in [5.41, 5.74) is 1.44. The second kappa shape index (κ2) is 10.0. The molecule has 0 spiro atoms. The molecular weight excluding hydrogens is 332 g/mol. The minimum atomic E-state index is -4.79. The Bertz CT molecular complexity index is 627. The van der Waals surface area contributed by atoms with Crippen LogP contribution in [-0.2, 0) is 19.7 Å². The predicted octanol–water partition coefficient (Wildman–Crippen LogP) is -7.06. The van der Waals surface area contributed by atoms with Gasteiger partial charge in [-0.2, -0.15) is 0 Å². The van der Waals surface area contributed by atoms with Gasteiger partial charge in [-0.1, -0.05) is 18.2 Å². The van der Waals surface area contributed by atoms with Gasteiger partial charge in [0.2, 0.25) is 5.91 Å². The van der Waals surface area contributed by atoms with Gasteiger partial charge >= 0.3 is 59.1 Å². The molecule has 0 unspecified atom stereocenters. The van der Waals surface area contributed by atoms with Crippen molar-refractivity contribution in [2.24, 2.45) is 0 Å². The number of aryl methyl sites for hydroxylation is 2. The third-order valence-electron chi connectivity index (χ3n) is 2.60. The van der Waals surface area contributed by atoms with Gasteiger partial charge in [0.15, 0.2) is 0 Å². The molecule has 110 valence electrons. The zero-order valence-corrected chi connectivity index (χ0v) is 17.8. The second-order valence-corrected chi connectivity index (χ2v) is 5.70. The molecule has 1 rings (SSSR count). The Morgan fingerprint density at radius 2 is 1.59 bits per heavy atom. The fourth-order valence-electron chi connectivity index (χ4n) is 1.88. The van der Waals surface area contributed by atoms with Crippen molar-refractivity contribution in [3.8, 4) is 0 Å². The number of rotatable bonds is 5. The number of anilines is 1. The van der Waals surface area contributed by atoms with Crippen LogP contribution in [0.2, 0.25) is 0 Å². The fourth-order valence-corrected chi connectivity index (χ4v) is 2.34. The Morgan fingerprint density at radius 1 is 1.14 bits per heavy atom. The second-order valence-electron chi connectivity index (χ2n) is 4.29. The number of amides is 1. The van der Waals surface area contributed by atoms with Crippen molar-refractivity contribution in [3.05, 3.63) is 29.3 Å². The van der Waals surface area contributed by atoms with Gasteiger partial charge in [0.25, 0.3) is 0 Å². The molecule has 0 N–H and O–H groups in total. The average Bonchev–Trinajstić information content (AvgIpc) is 2.24. The molecule has 0 fully saturated rings. The molecule has 0 bridgehead atoms. The summed E-state index contributed by atoms with van der Waals surface area (Å²) in [5.74, 6) is -3.94. The molecule has 0 heterocycles. The van der Waals surface area contributed by atoms with Gasteiger partial charge in [-0.3, -0.25) is 4.79 Å². The van der Waals surface area contributed by atoms with Crippen molar-refractivity contribution in [1.82, 2.24) is 0 Å². The normalized spacial score (nSPS) is 10.1. The minimum Gasteiger partial charge on any atom is -0.748 e. The van der Waals surface area contributed by atoms with Crippen LogP contribution in [0.15, 0.2) is 18.2 Å². The smallest absolute Gasteiger partial charge is 0.748 e. The summed E-state index contributed by atoms with van der Waals surface area (Å²) < 4.78 is 32.0. The van der Waals surface area contributed by atoms with E-state index in [0.29, 0.717) is 11.1 Å². The molecule has 1 aromatic carbocycles. The molecule has 0 radical (unpaired) electrons. The summed E-state index contributed by atoms with van der Waals surface area (Å²) in [6.45, 7) is 2.47. The van der Waals surface area contributed by atoms with E-state index in [1.807, 2.05) is 0 Å². The third-order valence-corrected chi connectivity index (χ3v) is 3.20. The molecule has 7 nitrogen and oxygen atoms in total. The number of nitrogens with zero attached hydrogens (tertiary/aromatic N) is 1. The predicted molar refractivity (Wildman–Crippen MR) is 67.8 cm³/mol. The van der Waals surface area contributed by atoms with Crippen molar-refractivity contribution in [3.63, 3.8) is 0 Å². The van der Waals surface area contributed by atoms with Gasteiger partial charge in [0.05, 0.1) is 12.5 Å². The number of benzene rings is 1. The van der Waals surface area contributed by atoms with E-state index in [1.165, 1.54) is 0 Å². The van der Waals surface area contributed by atoms with Gasteiger partial charge in [0, 0.05) is 5.69 Å². The van der Waals surface area contributed by atoms with E-state index in [2.05, 4.69) is 0 Å². The van der Waals surface area contributed by atoms with E-state index in [9.17, 15) is 27.7 Å². The van der Waals surface area contributed by atoms with Crippen LogP contribution in [0.25, 0.3) is 0 Å². The van der Waals surface area contributed by atoms with Gasteiger partial charge < -0.3 is 19.4 Å². The molecule has 0 aromatic heterocycles. The first kappa shape index (κ1) is 24.3. The van der Waals surface area contributed by atoms with Gasteiger partial charge in [-0.05, 0) is 25.0 Å². The maximum atomic E-state index is 11.9. The standard InChI is InChI=1S/C12H15NO6S.2Na/c1-8-4-3-5-9(2)12(8)13(6-11(15)16)10(14)7-20(17,18)19;;/h3-5H,6-7H2,1-2H3,(H,15,16)(H,17,18,19);;/q;2*+1/p-2. The monoisotopic (exact) mass is 345 g/mol. The van der Waals surface area contributed by atoms with Crippen molar-refractivity contribution in [2.75, 3.05) is 17.2 Å². The van der Waals surface area contributed by atoms with E-state index < -0.39 is 34.3 Å². The average molecular weight is 345 g/mol. The fraction of sp³-hybridized carbons (Fsp3) is 0.333. The van der Waals surface area contributed by atoms with Crippen LogP contribution < -0.4 is 69.1 Å². The summed E-state index contributed by atoms with van der Waals surface area (Å²) in [5, 5.41) is 10.7. The zero-order valence-electron chi connectivity index (χ0n) is 13.0. The molecule has 0 atom stereocenters. The molecular formula is C12H13NNa2O6S. The van der Waals surface area contributed by atoms with Gasteiger partial charge in [-0.15, -0.1) is 0 Å². The summed E-state index contributed by atoms with van der Waals surface area (Å²) in [7, 11) is -4.79. The summed E-state index contributed by atoms with van der Waals surface area (Å²) in [4.78, 5) is 23.3. The first-order chi connectivity index (χ1) is 9.11. The number of carbonyl (C=O) groups excluding carboxylic acids is 2. The van der Waals surface area contributed by atoms with Crippen LogP contribution in [-0.4, -0.2) is 37.1 Å². The maximum Gasteiger partial charge on any atom is 1.00 e. The van der Waals surface area contributed by atoms with Crippen LogP contribution in [0.1, 0.15) is 11.1 Å². The zero-order chi connectivity index (χ0) is 15.5.